The van der Waals surface area contributed by atoms with E-state index in [1.807, 2.05) is 6.92 Å². The SMILES string of the molecule is Cc1ccc(-n2cnc(C(F)(F)F)cc2=O)cc1. The second-order valence-electron chi connectivity index (χ2n) is 3.82. The van der Waals surface area contributed by atoms with E-state index in [0.29, 0.717) is 11.8 Å². The maximum atomic E-state index is 12.3. The molecular weight excluding hydrogens is 245 g/mol. The van der Waals surface area contributed by atoms with E-state index in [1.165, 1.54) is 0 Å². The van der Waals surface area contributed by atoms with Crippen LogP contribution in [0.15, 0.2) is 41.5 Å². The average Bonchev–Trinajstić information content (AvgIpc) is 2.29. The van der Waals surface area contributed by atoms with Crippen LogP contribution in [0.3, 0.4) is 0 Å². The van der Waals surface area contributed by atoms with Crippen molar-refractivity contribution in [3.8, 4) is 5.69 Å². The zero-order valence-corrected chi connectivity index (χ0v) is 9.40. The van der Waals surface area contributed by atoms with Crippen molar-refractivity contribution in [2.45, 2.75) is 13.1 Å². The Morgan fingerprint density at radius 2 is 1.78 bits per heavy atom. The van der Waals surface area contributed by atoms with Gasteiger partial charge in [-0.1, -0.05) is 17.7 Å². The lowest BCUT2D eigenvalue weighted by Gasteiger charge is -2.08. The molecule has 0 bridgehead atoms. The van der Waals surface area contributed by atoms with Crippen molar-refractivity contribution >= 4 is 0 Å². The molecule has 1 aromatic carbocycles. The van der Waals surface area contributed by atoms with Crippen LogP contribution in [-0.4, -0.2) is 9.55 Å². The molecule has 1 aromatic heterocycles. The minimum Gasteiger partial charge on any atom is -0.269 e. The molecule has 94 valence electrons. The summed E-state index contributed by atoms with van der Waals surface area (Å²) < 4.78 is 38.1. The van der Waals surface area contributed by atoms with Crippen molar-refractivity contribution in [1.82, 2.24) is 9.55 Å². The highest BCUT2D eigenvalue weighted by Gasteiger charge is 2.33. The Morgan fingerprint density at radius 3 is 2.28 bits per heavy atom. The molecule has 1 heterocycles. The molecule has 2 rings (SSSR count). The maximum Gasteiger partial charge on any atom is 0.433 e. The third kappa shape index (κ3) is 2.42. The molecule has 0 aliphatic rings. The Bertz CT molecular complexity index is 614. The third-order valence-electron chi connectivity index (χ3n) is 2.41. The van der Waals surface area contributed by atoms with Gasteiger partial charge in [-0.25, -0.2) is 4.98 Å². The summed E-state index contributed by atoms with van der Waals surface area (Å²) in [6.07, 6.45) is -3.72. The molecule has 6 heteroatoms. The summed E-state index contributed by atoms with van der Waals surface area (Å²) in [7, 11) is 0. The lowest BCUT2D eigenvalue weighted by Crippen LogP contribution is -2.22. The lowest BCUT2D eigenvalue weighted by atomic mass is 10.2. The molecule has 0 saturated carbocycles. The van der Waals surface area contributed by atoms with Crippen LogP contribution >= 0.6 is 0 Å². The smallest absolute Gasteiger partial charge is 0.269 e. The molecule has 0 radical (unpaired) electrons. The Balaban J connectivity index is 2.48. The number of hydrogen-bond acceptors (Lipinski definition) is 2. The Hall–Kier alpha value is -2.11. The van der Waals surface area contributed by atoms with E-state index in [0.717, 1.165) is 16.5 Å². The van der Waals surface area contributed by atoms with Crippen LogP contribution in [-0.2, 0) is 6.18 Å². The van der Waals surface area contributed by atoms with Gasteiger partial charge >= 0.3 is 6.18 Å². The predicted molar refractivity (Wildman–Crippen MR) is 59.6 cm³/mol. The summed E-state index contributed by atoms with van der Waals surface area (Å²) >= 11 is 0. The van der Waals surface area contributed by atoms with Gasteiger partial charge in [0.15, 0.2) is 5.69 Å². The van der Waals surface area contributed by atoms with Gasteiger partial charge in [-0.15, -0.1) is 0 Å². The topological polar surface area (TPSA) is 34.9 Å². The van der Waals surface area contributed by atoms with Gasteiger partial charge in [0.1, 0.15) is 6.33 Å². The quantitative estimate of drug-likeness (QED) is 0.783. The molecule has 3 nitrogen and oxygen atoms in total. The first kappa shape index (κ1) is 12.3. The van der Waals surface area contributed by atoms with Crippen LogP contribution in [0.5, 0.6) is 0 Å². The molecule has 0 aliphatic carbocycles. The van der Waals surface area contributed by atoms with Crippen molar-refractivity contribution in [2.24, 2.45) is 0 Å². The van der Waals surface area contributed by atoms with E-state index in [-0.39, 0.29) is 0 Å². The normalized spacial score (nSPS) is 11.6. The molecular formula is C12H9F3N2O. The number of rotatable bonds is 1. The summed E-state index contributed by atoms with van der Waals surface area (Å²) in [5, 5.41) is 0. The molecule has 0 atom stereocenters. The average molecular weight is 254 g/mol. The molecule has 0 aliphatic heterocycles. The van der Waals surface area contributed by atoms with Gasteiger partial charge in [-0.05, 0) is 19.1 Å². The summed E-state index contributed by atoms with van der Waals surface area (Å²) in [5.41, 5.74) is -0.476. The van der Waals surface area contributed by atoms with Crippen molar-refractivity contribution in [1.29, 1.82) is 0 Å². The van der Waals surface area contributed by atoms with Crippen LogP contribution in [0.2, 0.25) is 0 Å². The van der Waals surface area contributed by atoms with Gasteiger partial charge < -0.3 is 0 Å². The van der Waals surface area contributed by atoms with E-state index in [9.17, 15) is 18.0 Å². The number of hydrogen-bond donors (Lipinski definition) is 0. The number of benzene rings is 1. The molecule has 0 fully saturated rings. The Labute approximate surface area is 101 Å². The van der Waals surface area contributed by atoms with Gasteiger partial charge in [0.25, 0.3) is 5.56 Å². The van der Waals surface area contributed by atoms with Crippen LogP contribution in [0.25, 0.3) is 5.69 Å². The molecule has 0 spiro atoms. The number of halogens is 3. The van der Waals surface area contributed by atoms with Gasteiger partial charge in [-0.3, -0.25) is 9.36 Å². The zero-order valence-electron chi connectivity index (χ0n) is 9.40. The number of alkyl halides is 3. The van der Waals surface area contributed by atoms with Crippen molar-refractivity contribution in [2.75, 3.05) is 0 Å². The van der Waals surface area contributed by atoms with E-state index in [2.05, 4.69) is 4.98 Å². The van der Waals surface area contributed by atoms with Crippen LogP contribution in [0.4, 0.5) is 13.2 Å². The van der Waals surface area contributed by atoms with E-state index < -0.39 is 17.4 Å². The highest BCUT2D eigenvalue weighted by Crippen LogP contribution is 2.26. The standard InChI is InChI=1S/C12H9F3N2O/c1-8-2-4-9(5-3-8)17-7-16-10(6-11(17)18)12(13,14)15/h2-7H,1H3. The minimum atomic E-state index is -4.61. The number of nitrogens with zero attached hydrogens (tertiary/aromatic N) is 2. The Kier molecular flexibility index (Phi) is 2.94. The lowest BCUT2D eigenvalue weighted by molar-refractivity contribution is -0.141. The third-order valence-corrected chi connectivity index (χ3v) is 2.41. The van der Waals surface area contributed by atoms with Crippen LogP contribution in [0, 0.1) is 6.92 Å². The first-order valence-corrected chi connectivity index (χ1v) is 5.11. The van der Waals surface area contributed by atoms with Gasteiger partial charge in [0.2, 0.25) is 0 Å². The molecule has 0 unspecified atom stereocenters. The summed E-state index contributed by atoms with van der Waals surface area (Å²) in [6.45, 7) is 1.87. The van der Waals surface area contributed by atoms with Crippen molar-refractivity contribution in [3.05, 3.63) is 58.3 Å². The molecule has 0 N–H and O–H groups in total. The highest BCUT2D eigenvalue weighted by atomic mass is 19.4. The predicted octanol–water partition coefficient (Wildman–Crippen LogP) is 2.56. The first-order chi connectivity index (χ1) is 8.38. The zero-order chi connectivity index (χ0) is 13.3. The van der Waals surface area contributed by atoms with E-state index in [4.69, 9.17) is 0 Å². The van der Waals surface area contributed by atoms with Gasteiger partial charge in [0, 0.05) is 6.07 Å². The van der Waals surface area contributed by atoms with Gasteiger partial charge in [0.05, 0.1) is 5.69 Å². The largest absolute Gasteiger partial charge is 0.433 e. The molecule has 0 amide bonds. The second kappa shape index (κ2) is 4.29. The number of aryl methyl sites for hydroxylation is 1. The van der Waals surface area contributed by atoms with E-state index >= 15 is 0 Å². The Morgan fingerprint density at radius 1 is 1.17 bits per heavy atom. The van der Waals surface area contributed by atoms with Gasteiger partial charge in [-0.2, -0.15) is 13.2 Å². The monoisotopic (exact) mass is 254 g/mol. The summed E-state index contributed by atoms with van der Waals surface area (Å²) in [6, 6.07) is 7.30. The maximum absolute atomic E-state index is 12.3. The summed E-state index contributed by atoms with van der Waals surface area (Å²) in [5.74, 6) is 0. The van der Waals surface area contributed by atoms with Crippen LogP contribution < -0.4 is 5.56 Å². The first-order valence-electron chi connectivity index (χ1n) is 5.11. The minimum absolute atomic E-state index is 0.479. The summed E-state index contributed by atoms with van der Waals surface area (Å²) in [4.78, 5) is 14.8. The fraction of sp³-hybridized carbons (Fsp3) is 0.167. The molecule has 2 aromatic rings. The van der Waals surface area contributed by atoms with E-state index in [1.54, 1.807) is 24.3 Å². The van der Waals surface area contributed by atoms with Crippen LogP contribution in [0.1, 0.15) is 11.3 Å². The number of aromatic nitrogens is 2. The second-order valence-corrected chi connectivity index (χ2v) is 3.82. The fourth-order valence-electron chi connectivity index (χ4n) is 1.45. The fourth-order valence-corrected chi connectivity index (χ4v) is 1.45. The van der Waals surface area contributed by atoms with Crippen molar-refractivity contribution in [3.63, 3.8) is 0 Å². The molecule has 0 saturated heterocycles. The highest BCUT2D eigenvalue weighted by molar-refractivity contribution is 5.34. The van der Waals surface area contributed by atoms with Crippen molar-refractivity contribution < 1.29 is 13.2 Å². The molecule has 18 heavy (non-hydrogen) atoms.